The van der Waals surface area contributed by atoms with Gasteiger partial charge in [-0.25, -0.2) is 4.39 Å². The second-order valence-electron chi connectivity index (χ2n) is 6.25. The maximum atomic E-state index is 13.8. The topological polar surface area (TPSA) is 101 Å². The third-order valence-electron chi connectivity index (χ3n) is 4.01. The zero-order chi connectivity index (χ0) is 22.4. The molecular weight excluding hydrogens is 489 g/mol. The number of hydrogen-bond acceptors (Lipinski definition) is 5. The lowest BCUT2D eigenvalue weighted by molar-refractivity contribution is -0.384. The molecule has 3 aromatic rings. The molecule has 0 aliphatic carbocycles. The summed E-state index contributed by atoms with van der Waals surface area (Å²) in [5.74, 6) is -1.27. The Balaban J connectivity index is 1.57. The van der Waals surface area contributed by atoms with E-state index in [2.05, 4.69) is 26.6 Å². The van der Waals surface area contributed by atoms with Crippen LogP contribution in [0.4, 0.5) is 21.5 Å². The number of nitrogens with zero attached hydrogens (tertiary/aromatic N) is 1. The van der Waals surface area contributed by atoms with E-state index < -0.39 is 16.6 Å². The molecule has 0 radical (unpaired) electrons. The predicted octanol–water partition coefficient (Wildman–Crippen LogP) is 5.48. The quantitative estimate of drug-likeness (QED) is 0.252. The average molecular weight is 504 g/mol. The number of amides is 2. The molecule has 0 heterocycles. The second kappa shape index (κ2) is 10.2. The van der Waals surface area contributed by atoms with Gasteiger partial charge < -0.3 is 10.6 Å². The first-order valence-electron chi connectivity index (χ1n) is 8.85. The number of anilines is 2. The zero-order valence-corrected chi connectivity index (χ0v) is 18.2. The SMILES string of the molecule is O=C(CSc1cccc(NC(=O)c2ccc([N+](=O)[O-])cc2)c1)Nc1ccc(Br)cc1F. The molecular formula is C21H15BrFN3O4S. The Hall–Kier alpha value is -3.24. The first-order valence-corrected chi connectivity index (χ1v) is 10.6. The van der Waals surface area contributed by atoms with Gasteiger partial charge in [0.15, 0.2) is 0 Å². The maximum absolute atomic E-state index is 13.8. The van der Waals surface area contributed by atoms with Gasteiger partial charge in [-0.05, 0) is 48.5 Å². The molecule has 3 aromatic carbocycles. The number of nitrogens with one attached hydrogen (secondary N) is 2. The molecule has 158 valence electrons. The Bertz CT molecular complexity index is 1140. The van der Waals surface area contributed by atoms with Gasteiger partial charge in [0.2, 0.25) is 5.91 Å². The van der Waals surface area contributed by atoms with E-state index >= 15 is 0 Å². The van der Waals surface area contributed by atoms with Gasteiger partial charge in [0, 0.05) is 32.8 Å². The van der Waals surface area contributed by atoms with Crippen molar-refractivity contribution >= 4 is 56.6 Å². The van der Waals surface area contributed by atoms with E-state index in [1.807, 2.05) is 0 Å². The lowest BCUT2D eigenvalue weighted by Gasteiger charge is -2.09. The highest BCUT2D eigenvalue weighted by atomic mass is 79.9. The molecule has 10 heteroatoms. The van der Waals surface area contributed by atoms with Crippen LogP contribution in [0.3, 0.4) is 0 Å². The summed E-state index contributed by atoms with van der Waals surface area (Å²) >= 11 is 4.39. The number of benzene rings is 3. The lowest BCUT2D eigenvalue weighted by atomic mass is 10.2. The summed E-state index contributed by atoms with van der Waals surface area (Å²) in [4.78, 5) is 35.4. The van der Waals surface area contributed by atoms with E-state index in [1.165, 1.54) is 48.2 Å². The van der Waals surface area contributed by atoms with Gasteiger partial charge in [-0.2, -0.15) is 0 Å². The molecule has 0 fully saturated rings. The van der Waals surface area contributed by atoms with Crippen molar-refractivity contribution < 1.29 is 18.9 Å². The smallest absolute Gasteiger partial charge is 0.269 e. The van der Waals surface area contributed by atoms with E-state index in [4.69, 9.17) is 0 Å². The van der Waals surface area contributed by atoms with Crippen LogP contribution in [0.15, 0.2) is 76.1 Å². The number of hydrogen-bond donors (Lipinski definition) is 2. The minimum absolute atomic E-state index is 0.0508. The molecule has 2 N–H and O–H groups in total. The summed E-state index contributed by atoms with van der Waals surface area (Å²) in [5, 5.41) is 15.9. The fourth-order valence-electron chi connectivity index (χ4n) is 2.53. The van der Waals surface area contributed by atoms with Crippen molar-refractivity contribution in [2.45, 2.75) is 4.90 Å². The standard InChI is InChI=1S/C21H15BrFN3O4S/c22-14-6-9-19(18(23)10-14)25-20(27)12-31-17-3-1-2-15(11-17)24-21(28)13-4-7-16(8-5-13)26(29)30/h1-11H,12H2,(H,24,28)(H,25,27). The Morgan fingerprint density at radius 3 is 2.45 bits per heavy atom. The molecule has 0 saturated carbocycles. The van der Waals surface area contributed by atoms with E-state index in [0.717, 1.165) is 4.90 Å². The Morgan fingerprint density at radius 1 is 1.03 bits per heavy atom. The molecule has 3 rings (SSSR count). The first kappa shape index (κ1) is 22.4. The molecule has 0 spiro atoms. The van der Waals surface area contributed by atoms with Gasteiger partial charge in [0.25, 0.3) is 11.6 Å². The van der Waals surface area contributed by atoms with Crippen LogP contribution in [-0.2, 0) is 4.79 Å². The van der Waals surface area contributed by atoms with Gasteiger partial charge in [-0.1, -0.05) is 22.0 Å². The van der Waals surface area contributed by atoms with Crippen molar-refractivity contribution in [3.63, 3.8) is 0 Å². The minimum atomic E-state index is -0.538. The fraction of sp³-hybridized carbons (Fsp3) is 0.0476. The third-order valence-corrected chi connectivity index (χ3v) is 5.49. The monoisotopic (exact) mass is 503 g/mol. The number of nitro benzene ring substituents is 1. The van der Waals surface area contributed by atoms with Gasteiger partial charge in [0.1, 0.15) is 5.82 Å². The summed E-state index contributed by atoms with van der Waals surface area (Å²) in [6.07, 6.45) is 0. The van der Waals surface area contributed by atoms with Crippen molar-refractivity contribution in [2.75, 3.05) is 16.4 Å². The number of nitro groups is 1. The van der Waals surface area contributed by atoms with Crippen molar-refractivity contribution in [1.29, 1.82) is 0 Å². The zero-order valence-electron chi connectivity index (χ0n) is 15.8. The largest absolute Gasteiger partial charge is 0.323 e. The van der Waals surface area contributed by atoms with E-state index in [1.54, 1.807) is 30.3 Å². The highest BCUT2D eigenvalue weighted by Gasteiger charge is 2.11. The molecule has 0 unspecified atom stereocenters. The van der Waals surface area contributed by atoms with Gasteiger partial charge in [-0.15, -0.1) is 11.8 Å². The van der Waals surface area contributed by atoms with Crippen molar-refractivity contribution in [3.8, 4) is 0 Å². The van der Waals surface area contributed by atoms with Crippen LogP contribution < -0.4 is 10.6 Å². The molecule has 7 nitrogen and oxygen atoms in total. The normalized spacial score (nSPS) is 10.4. The van der Waals surface area contributed by atoms with Crippen LogP contribution in [-0.4, -0.2) is 22.5 Å². The Labute approximate surface area is 189 Å². The van der Waals surface area contributed by atoms with E-state index in [-0.39, 0.29) is 28.6 Å². The number of thioether (sulfide) groups is 1. The third kappa shape index (κ3) is 6.37. The van der Waals surface area contributed by atoms with Gasteiger partial charge in [-0.3, -0.25) is 19.7 Å². The second-order valence-corrected chi connectivity index (χ2v) is 8.21. The number of carbonyl (C=O) groups is 2. The predicted molar refractivity (Wildman–Crippen MR) is 121 cm³/mol. The summed E-state index contributed by atoms with van der Waals surface area (Å²) < 4.78 is 14.4. The molecule has 2 amide bonds. The first-order chi connectivity index (χ1) is 14.8. The summed E-state index contributed by atoms with van der Waals surface area (Å²) in [5.41, 5.74) is 0.779. The molecule has 0 bridgehead atoms. The molecule has 31 heavy (non-hydrogen) atoms. The molecule has 0 aliphatic heterocycles. The number of carbonyl (C=O) groups excluding carboxylic acids is 2. The highest BCUT2D eigenvalue weighted by molar-refractivity contribution is 9.10. The molecule has 0 saturated heterocycles. The van der Waals surface area contributed by atoms with Crippen molar-refractivity contribution in [1.82, 2.24) is 0 Å². The Kier molecular flexibility index (Phi) is 7.37. The average Bonchev–Trinajstić information content (AvgIpc) is 2.74. The molecule has 0 atom stereocenters. The summed E-state index contributed by atoms with van der Waals surface area (Å²) in [6, 6.07) is 16.5. The van der Waals surface area contributed by atoms with Crippen LogP contribution in [0.25, 0.3) is 0 Å². The van der Waals surface area contributed by atoms with Crippen molar-refractivity contribution in [3.05, 3.63) is 92.7 Å². The molecule has 0 aromatic heterocycles. The number of rotatable bonds is 7. The minimum Gasteiger partial charge on any atom is -0.323 e. The summed E-state index contributed by atoms with van der Waals surface area (Å²) in [7, 11) is 0. The highest BCUT2D eigenvalue weighted by Crippen LogP contribution is 2.24. The van der Waals surface area contributed by atoms with E-state index in [0.29, 0.717) is 10.2 Å². The van der Waals surface area contributed by atoms with Crippen molar-refractivity contribution in [2.24, 2.45) is 0 Å². The van der Waals surface area contributed by atoms with Crippen LogP contribution in [0, 0.1) is 15.9 Å². The lowest BCUT2D eigenvalue weighted by Crippen LogP contribution is -2.15. The maximum Gasteiger partial charge on any atom is 0.269 e. The summed E-state index contributed by atoms with van der Waals surface area (Å²) in [6.45, 7) is 0. The Morgan fingerprint density at radius 2 is 1.77 bits per heavy atom. The molecule has 0 aliphatic rings. The van der Waals surface area contributed by atoms with Crippen LogP contribution in [0.2, 0.25) is 0 Å². The number of halogens is 2. The van der Waals surface area contributed by atoms with Crippen LogP contribution in [0.5, 0.6) is 0 Å². The van der Waals surface area contributed by atoms with Gasteiger partial charge >= 0.3 is 0 Å². The van der Waals surface area contributed by atoms with Crippen LogP contribution in [0.1, 0.15) is 10.4 Å². The van der Waals surface area contributed by atoms with Gasteiger partial charge in [0.05, 0.1) is 16.4 Å². The van der Waals surface area contributed by atoms with Crippen LogP contribution >= 0.6 is 27.7 Å². The number of non-ortho nitro benzene ring substituents is 1. The van der Waals surface area contributed by atoms with E-state index in [9.17, 15) is 24.1 Å². The fourth-order valence-corrected chi connectivity index (χ4v) is 3.62.